The van der Waals surface area contributed by atoms with E-state index in [-0.39, 0.29) is 4.90 Å². The summed E-state index contributed by atoms with van der Waals surface area (Å²) in [6.45, 7) is 2.32. The number of rotatable bonds is 5. The molecule has 2 rings (SSSR count). The summed E-state index contributed by atoms with van der Waals surface area (Å²) in [6, 6.07) is 8.68. The van der Waals surface area contributed by atoms with Crippen LogP contribution in [-0.2, 0) is 16.6 Å². The topological polar surface area (TPSA) is 71.1 Å². The number of aryl methyl sites for hydroxylation is 1. The van der Waals surface area contributed by atoms with E-state index in [4.69, 9.17) is 0 Å². The number of pyridine rings is 1. The van der Waals surface area contributed by atoms with Crippen LogP contribution in [0.4, 0.5) is 5.69 Å². The molecule has 1 aromatic carbocycles. The van der Waals surface area contributed by atoms with E-state index in [1.807, 2.05) is 13.0 Å². The molecule has 0 bridgehead atoms. The molecule has 1 aromatic heterocycles. The summed E-state index contributed by atoms with van der Waals surface area (Å²) in [4.78, 5) is 4.22. The smallest absolute Gasteiger partial charge is 0.262 e. The minimum atomic E-state index is -3.62. The summed E-state index contributed by atoms with van der Waals surface area (Å²) < 4.78 is 27.5. The number of nitrogens with one attached hydrogen (secondary N) is 2. The van der Waals surface area contributed by atoms with Crippen LogP contribution < -0.4 is 10.0 Å². The van der Waals surface area contributed by atoms with Gasteiger partial charge in [-0.05, 0) is 37.2 Å². The van der Waals surface area contributed by atoms with Gasteiger partial charge in [0, 0.05) is 12.7 Å². The molecular formula is C14H17N3O2S. The minimum Gasteiger partial charge on any atom is -0.316 e. The van der Waals surface area contributed by atoms with Gasteiger partial charge in [0.05, 0.1) is 16.8 Å². The van der Waals surface area contributed by atoms with E-state index in [2.05, 4.69) is 15.0 Å². The SMILES string of the molecule is CNCc1ccccc1S(=O)(=O)Nc1cnccc1C. The number of aromatic nitrogens is 1. The Bertz CT molecular complexity index is 699. The molecule has 0 spiro atoms. The third-order valence-electron chi connectivity index (χ3n) is 2.91. The Balaban J connectivity index is 2.39. The Morgan fingerprint density at radius 3 is 2.65 bits per heavy atom. The van der Waals surface area contributed by atoms with Crippen molar-refractivity contribution in [2.75, 3.05) is 11.8 Å². The molecule has 2 N–H and O–H groups in total. The van der Waals surface area contributed by atoms with E-state index >= 15 is 0 Å². The molecule has 1 heterocycles. The highest BCUT2D eigenvalue weighted by molar-refractivity contribution is 7.92. The second-order valence-corrected chi connectivity index (χ2v) is 6.08. The van der Waals surface area contributed by atoms with Crippen molar-refractivity contribution in [2.24, 2.45) is 0 Å². The van der Waals surface area contributed by atoms with E-state index in [0.717, 1.165) is 11.1 Å². The van der Waals surface area contributed by atoms with Gasteiger partial charge in [-0.3, -0.25) is 9.71 Å². The lowest BCUT2D eigenvalue weighted by atomic mass is 10.2. The van der Waals surface area contributed by atoms with Crippen molar-refractivity contribution in [1.82, 2.24) is 10.3 Å². The molecule has 2 aromatic rings. The summed E-state index contributed by atoms with van der Waals surface area (Å²) in [5.41, 5.74) is 2.05. The van der Waals surface area contributed by atoms with Gasteiger partial charge in [0.25, 0.3) is 10.0 Å². The Morgan fingerprint density at radius 1 is 1.20 bits per heavy atom. The molecule has 20 heavy (non-hydrogen) atoms. The van der Waals surface area contributed by atoms with E-state index < -0.39 is 10.0 Å². The first-order chi connectivity index (χ1) is 9.54. The highest BCUT2D eigenvalue weighted by Gasteiger charge is 2.18. The zero-order chi connectivity index (χ0) is 14.6. The highest BCUT2D eigenvalue weighted by atomic mass is 32.2. The van der Waals surface area contributed by atoms with Crippen LogP contribution in [0.5, 0.6) is 0 Å². The summed E-state index contributed by atoms with van der Waals surface area (Å²) in [5.74, 6) is 0. The molecule has 6 heteroatoms. The molecule has 0 aliphatic carbocycles. The lowest BCUT2D eigenvalue weighted by Gasteiger charge is -2.13. The van der Waals surface area contributed by atoms with Gasteiger partial charge in [0.1, 0.15) is 0 Å². The number of hydrogen-bond acceptors (Lipinski definition) is 4. The minimum absolute atomic E-state index is 0.276. The van der Waals surface area contributed by atoms with Crippen LogP contribution in [0.2, 0.25) is 0 Å². The predicted molar refractivity (Wildman–Crippen MR) is 79.0 cm³/mol. The third kappa shape index (κ3) is 3.15. The molecule has 0 fully saturated rings. The maximum atomic E-state index is 12.5. The first-order valence-electron chi connectivity index (χ1n) is 6.20. The van der Waals surface area contributed by atoms with E-state index in [9.17, 15) is 8.42 Å². The van der Waals surface area contributed by atoms with Gasteiger partial charge >= 0.3 is 0 Å². The molecule has 0 saturated heterocycles. The fraction of sp³-hybridized carbons (Fsp3) is 0.214. The molecule has 106 valence electrons. The molecule has 0 aliphatic heterocycles. The Labute approximate surface area is 119 Å². The van der Waals surface area contributed by atoms with Crippen LogP contribution >= 0.6 is 0 Å². The van der Waals surface area contributed by atoms with Crippen molar-refractivity contribution >= 4 is 15.7 Å². The Kier molecular flexibility index (Phi) is 4.36. The molecule has 0 saturated carbocycles. The second kappa shape index (κ2) is 6.02. The van der Waals surface area contributed by atoms with Crippen LogP contribution in [0.3, 0.4) is 0 Å². The van der Waals surface area contributed by atoms with Gasteiger partial charge in [0.2, 0.25) is 0 Å². The van der Waals surface area contributed by atoms with Crippen LogP contribution in [-0.4, -0.2) is 20.4 Å². The number of nitrogens with zero attached hydrogens (tertiary/aromatic N) is 1. The monoisotopic (exact) mass is 291 g/mol. The molecule has 0 amide bonds. The van der Waals surface area contributed by atoms with Crippen molar-refractivity contribution in [3.8, 4) is 0 Å². The average molecular weight is 291 g/mol. The molecule has 0 aliphatic rings. The normalized spacial score (nSPS) is 11.3. The molecular weight excluding hydrogens is 274 g/mol. The molecule has 0 radical (unpaired) electrons. The molecule has 0 atom stereocenters. The van der Waals surface area contributed by atoms with E-state index in [0.29, 0.717) is 12.2 Å². The second-order valence-electron chi connectivity index (χ2n) is 4.43. The third-order valence-corrected chi connectivity index (χ3v) is 4.38. The van der Waals surface area contributed by atoms with Crippen LogP contribution in [0, 0.1) is 6.92 Å². The lowest BCUT2D eigenvalue weighted by molar-refractivity contribution is 0.599. The summed E-state index contributed by atoms with van der Waals surface area (Å²) in [5, 5.41) is 2.97. The quantitative estimate of drug-likeness (QED) is 0.883. The van der Waals surface area contributed by atoms with E-state index in [1.165, 1.54) is 6.20 Å². The largest absolute Gasteiger partial charge is 0.316 e. The fourth-order valence-electron chi connectivity index (χ4n) is 1.87. The van der Waals surface area contributed by atoms with Gasteiger partial charge in [-0.15, -0.1) is 0 Å². The van der Waals surface area contributed by atoms with Crippen LogP contribution in [0.15, 0.2) is 47.6 Å². The van der Waals surface area contributed by atoms with Crippen molar-refractivity contribution in [1.29, 1.82) is 0 Å². The lowest BCUT2D eigenvalue weighted by Crippen LogP contribution is -2.17. The number of sulfonamides is 1. The van der Waals surface area contributed by atoms with Crippen molar-refractivity contribution in [3.63, 3.8) is 0 Å². The standard InChI is InChI=1S/C14H17N3O2S/c1-11-7-8-16-10-13(11)17-20(18,19)14-6-4-3-5-12(14)9-15-2/h3-8,10,15,17H,9H2,1-2H3. The van der Waals surface area contributed by atoms with Gasteiger partial charge in [0.15, 0.2) is 0 Å². The maximum absolute atomic E-state index is 12.5. The highest BCUT2D eigenvalue weighted by Crippen LogP contribution is 2.21. The summed E-state index contributed by atoms with van der Waals surface area (Å²) in [6.07, 6.45) is 3.13. The fourth-order valence-corrected chi connectivity index (χ4v) is 3.23. The van der Waals surface area contributed by atoms with Crippen molar-refractivity contribution < 1.29 is 8.42 Å². The summed E-state index contributed by atoms with van der Waals surface area (Å²) >= 11 is 0. The van der Waals surface area contributed by atoms with Crippen molar-refractivity contribution in [3.05, 3.63) is 53.9 Å². The maximum Gasteiger partial charge on any atom is 0.262 e. The van der Waals surface area contributed by atoms with Crippen LogP contribution in [0.1, 0.15) is 11.1 Å². The molecule has 0 unspecified atom stereocenters. The Morgan fingerprint density at radius 2 is 1.95 bits per heavy atom. The zero-order valence-corrected chi connectivity index (χ0v) is 12.2. The zero-order valence-electron chi connectivity index (χ0n) is 11.4. The van der Waals surface area contributed by atoms with E-state index in [1.54, 1.807) is 37.5 Å². The van der Waals surface area contributed by atoms with Crippen molar-refractivity contribution in [2.45, 2.75) is 18.4 Å². The molecule has 5 nitrogen and oxygen atoms in total. The van der Waals surface area contributed by atoms with Crippen LogP contribution in [0.25, 0.3) is 0 Å². The first kappa shape index (κ1) is 14.5. The predicted octanol–water partition coefficient (Wildman–Crippen LogP) is 1.91. The number of hydrogen-bond donors (Lipinski definition) is 2. The Hall–Kier alpha value is -1.92. The number of anilines is 1. The van der Waals surface area contributed by atoms with Gasteiger partial charge < -0.3 is 5.32 Å². The van der Waals surface area contributed by atoms with Gasteiger partial charge in [-0.2, -0.15) is 0 Å². The van der Waals surface area contributed by atoms with Gasteiger partial charge in [-0.25, -0.2) is 8.42 Å². The van der Waals surface area contributed by atoms with Gasteiger partial charge in [-0.1, -0.05) is 18.2 Å². The summed E-state index contributed by atoms with van der Waals surface area (Å²) in [7, 11) is -1.84. The first-order valence-corrected chi connectivity index (χ1v) is 7.69. The average Bonchev–Trinajstić information content (AvgIpc) is 2.42. The number of benzene rings is 1.